The van der Waals surface area contributed by atoms with Crippen molar-refractivity contribution in [3.63, 3.8) is 0 Å². The van der Waals surface area contributed by atoms with E-state index in [9.17, 15) is 4.79 Å². The van der Waals surface area contributed by atoms with Crippen LogP contribution in [0.5, 0.6) is 5.75 Å². The predicted molar refractivity (Wildman–Crippen MR) is 72.0 cm³/mol. The number of hydrogen-bond donors (Lipinski definition) is 0. The van der Waals surface area contributed by atoms with E-state index in [1.54, 1.807) is 12.1 Å². The Morgan fingerprint density at radius 2 is 1.94 bits per heavy atom. The van der Waals surface area contributed by atoms with E-state index >= 15 is 0 Å². The Morgan fingerprint density at radius 3 is 2.61 bits per heavy atom. The van der Waals surface area contributed by atoms with Crippen molar-refractivity contribution < 1.29 is 9.53 Å². The van der Waals surface area contributed by atoms with Gasteiger partial charge >= 0.3 is 0 Å². The lowest BCUT2D eigenvalue weighted by Gasteiger charge is -2.20. The van der Waals surface area contributed by atoms with Crippen LogP contribution < -0.4 is 4.74 Å². The Balaban J connectivity index is 1.83. The summed E-state index contributed by atoms with van der Waals surface area (Å²) in [6.45, 7) is 1.82. The molecule has 98 valence electrons. The summed E-state index contributed by atoms with van der Waals surface area (Å²) < 4.78 is 5.47. The molecular formula is C14H18ClNO2. The van der Waals surface area contributed by atoms with Crippen LogP contribution in [0.2, 0.25) is 5.02 Å². The Kier molecular flexibility index (Phi) is 4.88. The number of amides is 1. The van der Waals surface area contributed by atoms with E-state index in [2.05, 4.69) is 0 Å². The molecule has 0 saturated carbocycles. The number of likely N-dealkylation sites (tertiary alicyclic amines) is 1. The smallest absolute Gasteiger partial charge is 0.260 e. The second kappa shape index (κ2) is 6.64. The number of benzene rings is 1. The predicted octanol–water partition coefficient (Wildman–Crippen LogP) is 3.12. The Hall–Kier alpha value is -1.22. The van der Waals surface area contributed by atoms with E-state index in [1.807, 2.05) is 17.0 Å². The lowest BCUT2D eigenvalue weighted by Crippen LogP contribution is -2.35. The van der Waals surface area contributed by atoms with Gasteiger partial charge in [0.15, 0.2) is 6.61 Å². The molecule has 1 heterocycles. The molecule has 0 aliphatic carbocycles. The standard InChI is InChI=1S/C14H18ClNO2/c15-12-6-5-7-13(10-12)18-11-14(17)16-8-3-1-2-4-9-16/h5-7,10H,1-4,8-9,11H2. The molecule has 0 N–H and O–H groups in total. The first-order valence-corrected chi connectivity index (χ1v) is 6.79. The highest BCUT2D eigenvalue weighted by atomic mass is 35.5. The maximum atomic E-state index is 12.0. The summed E-state index contributed by atoms with van der Waals surface area (Å²) in [5.41, 5.74) is 0. The third kappa shape index (κ3) is 3.91. The summed E-state index contributed by atoms with van der Waals surface area (Å²) in [5, 5.41) is 0.620. The number of halogens is 1. The van der Waals surface area contributed by atoms with Crippen molar-refractivity contribution in [2.75, 3.05) is 19.7 Å². The van der Waals surface area contributed by atoms with E-state index in [1.165, 1.54) is 12.8 Å². The van der Waals surface area contributed by atoms with Crippen LogP contribution in [-0.4, -0.2) is 30.5 Å². The fraction of sp³-hybridized carbons (Fsp3) is 0.500. The summed E-state index contributed by atoms with van der Waals surface area (Å²) in [6.07, 6.45) is 4.64. The quantitative estimate of drug-likeness (QED) is 0.842. The molecule has 1 amide bonds. The van der Waals surface area contributed by atoms with Gasteiger partial charge < -0.3 is 9.64 Å². The third-order valence-electron chi connectivity index (χ3n) is 3.12. The van der Waals surface area contributed by atoms with Gasteiger partial charge in [-0.1, -0.05) is 30.5 Å². The summed E-state index contributed by atoms with van der Waals surface area (Å²) in [6, 6.07) is 7.12. The van der Waals surface area contributed by atoms with E-state index in [4.69, 9.17) is 16.3 Å². The molecule has 3 nitrogen and oxygen atoms in total. The van der Waals surface area contributed by atoms with Crippen molar-refractivity contribution in [2.24, 2.45) is 0 Å². The number of ether oxygens (including phenoxy) is 1. The first kappa shape index (κ1) is 13.2. The molecule has 0 atom stereocenters. The van der Waals surface area contributed by atoms with Crippen LogP contribution in [0.4, 0.5) is 0 Å². The van der Waals surface area contributed by atoms with Crippen LogP contribution in [0.15, 0.2) is 24.3 Å². The van der Waals surface area contributed by atoms with Gasteiger partial charge in [0, 0.05) is 18.1 Å². The highest BCUT2D eigenvalue weighted by Crippen LogP contribution is 2.17. The Labute approximate surface area is 113 Å². The molecule has 1 aromatic carbocycles. The van der Waals surface area contributed by atoms with Crippen LogP contribution in [0.1, 0.15) is 25.7 Å². The van der Waals surface area contributed by atoms with Crippen molar-refractivity contribution in [3.05, 3.63) is 29.3 Å². The number of nitrogens with zero attached hydrogens (tertiary/aromatic N) is 1. The number of carbonyl (C=O) groups excluding carboxylic acids is 1. The zero-order valence-electron chi connectivity index (χ0n) is 10.4. The molecule has 0 bridgehead atoms. The van der Waals surface area contributed by atoms with E-state index in [0.717, 1.165) is 25.9 Å². The molecule has 0 aromatic heterocycles. The monoisotopic (exact) mass is 267 g/mol. The van der Waals surface area contributed by atoms with Crippen LogP contribution in [-0.2, 0) is 4.79 Å². The van der Waals surface area contributed by atoms with E-state index in [0.29, 0.717) is 10.8 Å². The second-order valence-corrected chi connectivity index (χ2v) is 4.98. The van der Waals surface area contributed by atoms with Gasteiger partial charge in [0.05, 0.1) is 0 Å². The molecule has 1 aromatic rings. The van der Waals surface area contributed by atoms with Gasteiger partial charge in [-0.3, -0.25) is 4.79 Å². The Morgan fingerprint density at radius 1 is 1.22 bits per heavy atom. The third-order valence-corrected chi connectivity index (χ3v) is 3.35. The van der Waals surface area contributed by atoms with Crippen LogP contribution in [0, 0.1) is 0 Å². The lowest BCUT2D eigenvalue weighted by atomic mass is 10.2. The fourth-order valence-corrected chi connectivity index (χ4v) is 2.29. The molecule has 0 spiro atoms. The number of hydrogen-bond acceptors (Lipinski definition) is 2. The van der Waals surface area contributed by atoms with Gasteiger partial charge in [0.2, 0.25) is 0 Å². The number of carbonyl (C=O) groups is 1. The largest absolute Gasteiger partial charge is 0.484 e. The summed E-state index contributed by atoms with van der Waals surface area (Å²) >= 11 is 5.86. The minimum absolute atomic E-state index is 0.0666. The van der Waals surface area contributed by atoms with Crippen molar-refractivity contribution in [2.45, 2.75) is 25.7 Å². The van der Waals surface area contributed by atoms with Gasteiger partial charge in [0.1, 0.15) is 5.75 Å². The lowest BCUT2D eigenvalue weighted by molar-refractivity contribution is -0.133. The summed E-state index contributed by atoms with van der Waals surface area (Å²) in [5.74, 6) is 0.711. The van der Waals surface area contributed by atoms with E-state index in [-0.39, 0.29) is 12.5 Å². The van der Waals surface area contributed by atoms with Gasteiger partial charge in [-0.2, -0.15) is 0 Å². The topological polar surface area (TPSA) is 29.5 Å². The normalized spacial score (nSPS) is 16.2. The first-order chi connectivity index (χ1) is 8.75. The van der Waals surface area contributed by atoms with Crippen LogP contribution in [0.25, 0.3) is 0 Å². The van der Waals surface area contributed by atoms with Crippen LogP contribution in [0.3, 0.4) is 0 Å². The molecule has 2 rings (SSSR count). The van der Waals surface area contributed by atoms with Crippen molar-refractivity contribution in [3.8, 4) is 5.75 Å². The van der Waals surface area contributed by atoms with Gasteiger partial charge in [0.25, 0.3) is 5.91 Å². The molecule has 1 fully saturated rings. The molecule has 1 aliphatic rings. The first-order valence-electron chi connectivity index (χ1n) is 6.42. The summed E-state index contributed by atoms with van der Waals surface area (Å²) in [4.78, 5) is 13.9. The summed E-state index contributed by atoms with van der Waals surface area (Å²) in [7, 11) is 0. The molecule has 18 heavy (non-hydrogen) atoms. The SMILES string of the molecule is O=C(COc1cccc(Cl)c1)N1CCCCCC1. The van der Waals surface area contributed by atoms with E-state index < -0.39 is 0 Å². The molecule has 1 aliphatic heterocycles. The van der Waals surface area contributed by atoms with Crippen molar-refractivity contribution in [1.82, 2.24) is 4.90 Å². The highest BCUT2D eigenvalue weighted by molar-refractivity contribution is 6.30. The zero-order valence-corrected chi connectivity index (χ0v) is 11.2. The van der Waals surface area contributed by atoms with Gasteiger partial charge in [-0.05, 0) is 31.0 Å². The molecular weight excluding hydrogens is 250 g/mol. The molecule has 0 radical (unpaired) electrons. The highest BCUT2D eigenvalue weighted by Gasteiger charge is 2.15. The molecule has 4 heteroatoms. The second-order valence-electron chi connectivity index (χ2n) is 4.54. The Bertz CT molecular complexity index is 401. The maximum absolute atomic E-state index is 12.0. The zero-order chi connectivity index (χ0) is 12.8. The molecule has 1 saturated heterocycles. The van der Waals surface area contributed by atoms with Crippen molar-refractivity contribution in [1.29, 1.82) is 0 Å². The van der Waals surface area contributed by atoms with Crippen molar-refractivity contribution >= 4 is 17.5 Å². The van der Waals surface area contributed by atoms with Gasteiger partial charge in [-0.15, -0.1) is 0 Å². The maximum Gasteiger partial charge on any atom is 0.260 e. The average Bonchev–Trinajstić information content (AvgIpc) is 2.65. The molecule has 0 unspecified atom stereocenters. The number of rotatable bonds is 3. The van der Waals surface area contributed by atoms with Crippen LogP contribution >= 0.6 is 11.6 Å². The minimum Gasteiger partial charge on any atom is -0.484 e. The minimum atomic E-state index is 0.0666. The fourth-order valence-electron chi connectivity index (χ4n) is 2.11. The average molecular weight is 268 g/mol. The van der Waals surface area contributed by atoms with Gasteiger partial charge in [-0.25, -0.2) is 0 Å².